The van der Waals surface area contributed by atoms with E-state index >= 15 is 0 Å². The maximum atomic E-state index is 6.06. The van der Waals surface area contributed by atoms with Crippen LogP contribution in [0.3, 0.4) is 0 Å². The highest BCUT2D eigenvalue weighted by atomic mass is 35.5. The zero-order valence-electron chi connectivity index (χ0n) is 8.41. The Kier molecular flexibility index (Phi) is 4.18. The lowest BCUT2D eigenvalue weighted by Crippen LogP contribution is -2.12. The second-order valence-corrected chi connectivity index (χ2v) is 5.06. The molecular weight excluding hydrogens is 263 g/mol. The van der Waals surface area contributed by atoms with Gasteiger partial charge in [0.15, 0.2) is 0 Å². The van der Waals surface area contributed by atoms with E-state index in [2.05, 4.69) is 10.3 Å². The van der Waals surface area contributed by atoms with E-state index in [1.54, 1.807) is 11.3 Å². The summed E-state index contributed by atoms with van der Waals surface area (Å²) in [4.78, 5) is 5.21. The van der Waals surface area contributed by atoms with Crippen molar-refractivity contribution in [3.8, 4) is 0 Å². The molecule has 0 aliphatic rings. The quantitative estimate of drug-likeness (QED) is 0.917. The van der Waals surface area contributed by atoms with Crippen LogP contribution in [0.25, 0.3) is 0 Å². The average Bonchev–Trinajstić information content (AvgIpc) is 2.75. The van der Waals surface area contributed by atoms with Crippen LogP contribution < -0.4 is 5.32 Å². The van der Waals surface area contributed by atoms with Crippen molar-refractivity contribution >= 4 is 34.5 Å². The van der Waals surface area contributed by atoms with Crippen molar-refractivity contribution in [2.75, 3.05) is 0 Å². The lowest BCUT2D eigenvalue weighted by Gasteiger charge is -2.07. The fraction of sp³-hybridized carbons (Fsp3) is 0.182. The number of hydrogen-bond acceptors (Lipinski definition) is 3. The van der Waals surface area contributed by atoms with Crippen LogP contribution in [-0.2, 0) is 13.1 Å². The topological polar surface area (TPSA) is 24.9 Å². The van der Waals surface area contributed by atoms with Crippen molar-refractivity contribution < 1.29 is 0 Å². The molecule has 0 atom stereocenters. The van der Waals surface area contributed by atoms with Crippen LogP contribution in [0, 0.1) is 0 Å². The van der Waals surface area contributed by atoms with Crippen LogP contribution >= 0.6 is 34.5 Å². The van der Waals surface area contributed by atoms with Crippen LogP contribution in [-0.4, -0.2) is 4.98 Å². The number of benzene rings is 1. The summed E-state index contributed by atoms with van der Waals surface area (Å²) in [5.41, 5.74) is 2.76. The molecule has 1 aromatic carbocycles. The van der Waals surface area contributed by atoms with Gasteiger partial charge in [0.1, 0.15) is 0 Å². The van der Waals surface area contributed by atoms with Crippen molar-refractivity contribution in [3.63, 3.8) is 0 Å². The second kappa shape index (κ2) is 5.64. The van der Waals surface area contributed by atoms with Crippen LogP contribution in [0.4, 0.5) is 0 Å². The van der Waals surface area contributed by atoms with Gasteiger partial charge in [0.05, 0.1) is 5.51 Å². The van der Waals surface area contributed by atoms with Crippen molar-refractivity contribution in [2.45, 2.75) is 13.1 Å². The second-order valence-electron chi connectivity index (χ2n) is 3.27. The Labute approximate surface area is 108 Å². The van der Waals surface area contributed by atoms with E-state index in [9.17, 15) is 0 Å². The Morgan fingerprint density at radius 2 is 1.94 bits per heavy atom. The van der Waals surface area contributed by atoms with Crippen molar-refractivity contribution in [2.24, 2.45) is 0 Å². The summed E-state index contributed by atoms with van der Waals surface area (Å²) in [5, 5.41) is 4.68. The van der Waals surface area contributed by atoms with Gasteiger partial charge in [0.25, 0.3) is 0 Å². The maximum absolute atomic E-state index is 6.06. The van der Waals surface area contributed by atoms with Gasteiger partial charge in [0.2, 0.25) is 0 Å². The molecule has 2 nitrogen and oxygen atoms in total. The fourth-order valence-electron chi connectivity index (χ4n) is 1.34. The molecule has 0 aliphatic heterocycles. The summed E-state index contributed by atoms with van der Waals surface area (Å²) < 4.78 is 0. The minimum Gasteiger partial charge on any atom is -0.308 e. The molecule has 0 radical (unpaired) electrons. The minimum absolute atomic E-state index is 0.663. The zero-order valence-corrected chi connectivity index (χ0v) is 10.7. The molecule has 0 unspecified atom stereocenters. The van der Waals surface area contributed by atoms with E-state index in [0.717, 1.165) is 12.1 Å². The lowest BCUT2D eigenvalue weighted by molar-refractivity contribution is 0.700. The highest BCUT2D eigenvalue weighted by Crippen LogP contribution is 2.23. The van der Waals surface area contributed by atoms with E-state index < -0.39 is 0 Å². The van der Waals surface area contributed by atoms with Crippen LogP contribution in [0.5, 0.6) is 0 Å². The first-order valence-corrected chi connectivity index (χ1v) is 6.42. The van der Waals surface area contributed by atoms with Gasteiger partial charge in [-0.2, -0.15) is 0 Å². The van der Waals surface area contributed by atoms with Gasteiger partial charge in [-0.3, -0.25) is 4.98 Å². The molecule has 16 heavy (non-hydrogen) atoms. The third kappa shape index (κ3) is 2.95. The van der Waals surface area contributed by atoms with Crippen molar-refractivity contribution in [3.05, 3.63) is 50.4 Å². The Hall–Kier alpha value is -0.610. The first-order valence-electron chi connectivity index (χ1n) is 4.78. The Bertz CT molecular complexity index is 437. The Morgan fingerprint density at radius 3 is 2.56 bits per heavy atom. The van der Waals surface area contributed by atoms with Gasteiger partial charge in [-0.25, -0.2) is 0 Å². The first-order chi connectivity index (χ1) is 7.77. The van der Waals surface area contributed by atoms with E-state index in [1.165, 1.54) is 4.88 Å². The largest absolute Gasteiger partial charge is 0.308 e. The van der Waals surface area contributed by atoms with E-state index in [-0.39, 0.29) is 0 Å². The Balaban J connectivity index is 1.95. The predicted octanol–water partition coefficient (Wildman–Crippen LogP) is 3.74. The van der Waals surface area contributed by atoms with Gasteiger partial charge in [-0.05, 0) is 12.1 Å². The molecule has 0 aliphatic carbocycles. The molecule has 0 saturated carbocycles. The smallest absolute Gasteiger partial charge is 0.0794 e. The number of hydrogen-bond donors (Lipinski definition) is 1. The summed E-state index contributed by atoms with van der Waals surface area (Å²) in [7, 11) is 0. The SMILES string of the molecule is Clc1cccc(Cl)c1CNCc1cncs1. The summed E-state index contributed by atoms with van der Waals surface area (Å²) in [6.07, 6.45) is 1.85. The van der Waals surface area contributed by atoms with E-state index in [0.29, 0.717) is 16.6 Å². The molecule has 0 amide bonds. The molecular formula is C11H10Cl2N2S. The summed E-state index contributed by atoms with van der Waals surface area (Å²) >= 11 is 13.7. The third-order valence-electron chi connectivity index (χ3n) is 2.15. The van der Waals surface area contributed by atoms with Crippen LogP contribution in [0.2, 0.25) is 10.0 Å². The number of nitrogens with zero attached hydrogens (tertiary/aromatic N) is 1. The number of nitrogens with one attached hydrogen (secondary N) is 1. The van der Waals surface area contributed by atoms with Gasteiger partial charge in [-0.15, -0.1) is 11.3 Å². The molecule has 0 spiro atoms. The van der Waals surface area contributed by atoms with Gasteiger partial charge >= 0.3 is 0 Å². The molecule has 2 aromatic rings. The number of aromatic nitrogens is 1. The normalized spacial score (nSPS) is 10.6. The molecule has 1 heterocycles. The first kappa shape index (κ1) is 11.9. The van der Waals surface area contributed by atoms with E-state index in [1.807, 2.05) is 29.9 Å². The predicted molar refractivity (Wildman–Crippen MR) is 69.1 cm³/mol. The van der Waals surface area contributed by atoms with Crippen molar-refractivity contribution in [1.29, 1.82) is 0 Å². The minimum atomic E-state index is 0.663. The molecule has 0 bridgehead atoms. The molecule has 2 rings (SSSR count). The zero-order chi connectivity index (χ0) is 11.4. The van der Waals surface area contributed by atoms with Crippen molar-refractivity contribution in [1.82, 2.24) is 10.3 Å². The van der Waals surface area contributed by atoms with Gasteiger partial charge in [0, 0.05) is 39.8 Å². The highest BCUT2D eigenvalue weighted by Gasteiger charge is 2.04. The molecule has 0 saturated heterocycles. The fourth-order valence-corrected chi connectivity index (χ4v) is 2.44. The van der Waals surface area contributed by atoms with Gasteiger partial charge in [-0.1, -0.05) is 29.3 Å². The number of thiazole rings is 1. The lowest BCUT2D eigenvalue weighted by atomic mass is 10.2. The van der Waals surface area contributed by atoms with E-state index in [4.69, 9.17) is 23.2 Å². The van der Waals surface area contributed by atoms with Crippen LogP contribution in [0.15, 0.2) is 29.9 Å². The highest BCUT2D eigenvalue weighted by molar-refractivity contribution is 7.09. The summed E-state index contributed by atoms with van der Waals surface area (Å²) in [5.74, 6) is 0. The molecule has 0 fully saturated rings. The van der Waals surface area contributed by atoms with Gasteiger partial charge < -0.3 is 5.32 Å². The molecule has 1 N–H and O–H groups in total. The summed E-state index contributed by atoms with van der Waals surface area (Å²) in [6, 6.07) is 5.53. The molecule has 84 valence electrons. The monoisotopic (exact) mass is 272 g/mol. The summed E-state index contributed by atoms with van der Waals surface area (Å²) in [6.45, 7) is 1.45. The number of halogens is 2. The Morgan fingerprint density at radius 1 is 1.19 bits per heavy atom. The molecule has 5 heteroatoms. The van der Waals surface area contributed by atoms with Crippen LogP contribution in [0.1, 0.15) is 10.4 Å². The number of rotatable bonds is 4. The average molecular weight is 273 g/mol. The maximum Gasteiger partial charge on any atom is 0.0794 e. The molecule has 1 aromatic heterocycles. The standard InChI is InChI=1S/C11H10Cl2N2S/c12-10-2-1-3-11(13)9(10)6-14-4-8-5-15-7-16-8/h1-3,5,7,14H,4,6H2. The third-order valence-corrected chi connectivity index (χ3v) is 3.63.